The second kappa shape index (κ2) is 6.89. The Morgan fingerprint density at radius 3 is 2.00 bits per heavy atom. The summed E-state index contributed by atoms with van der Waals surface area (Å²) in [4.78, 5) is 15.0. The number of fused-ring (bicyclic) bond motifs is 2. The van der Waals surface area contributed by atoms with Crippen molar-refractivity contribution < 1.29 is 23.7 Å². The molecule has 0 aliphatic carbocycles. The van der Waals surface area contributed by atoms with E-state index >= 15 is 0 Å². The Morgan fingerprint density at radius 2 is 1.54 bits per heavy atom. The first-order valence-electron chi connectivity index (χ1n) is 8.30. The molecule has 2 bridgehead atoms. The van der Waals surface area contributed by atoms with Gasteiger partial charge in [0.25, 0.3) is 0 Å². The number of benzene rings is 1. The lowest BCUT2D eigenvalue weighted by Gasteiger charge is -2.35. The summed E-state index contributed by atoms with van der Waals surface area (Å²) in [5, 5.41) is 0. The van der Waals surface area contributed by atoms with Crippen LogP contribution in [0.4, 0.5) is 0 Å². The van der Waals surface area contributed by atoms with Gasteiger partial charge in [-0.05, 0) is 32.0 Å². The van der Waals surface area contributed by atoms with Crippen LogP contribution in [0.15, 0.2) is 12.1 Å². The topological polar surface area (TPSA) is 57.2 Å². The zero-order valence-corrected chi connectivity index (χ0v) is 14.7. The fourth-order valence-electron chi connectivity index (χ4n) is 3.88. The van der Waals surface area contributed by atoms with E-state index in [1.807, 2.05) is 0 Å². The van der Waals surface area contributed by atoms with Crippen molar-refractivity contribution in [3.05, 3.63) is 17.7 Å². The van der Waals surface area contributed by atoms with Gasteiger partial charge >= 0.3 is 5.97 Å². The first kappa shape index (κ1) is 16.9. The second-order valence-electron chi connectivity index (χ2n) is 6.46. The number of esters is 1. The molecule has 2 fully saturated rings. The predicted molar refractivity (Wildman–Crippen MR) is 89.1 cm³/mol. The van der Waals surface area contributed by atoms with E-state index in [1.165, 1.54) is 34.2 Å². The minimum absolute atomic E-state index is 0.0229. The maximum atomic E-state index is 12.6. The van der Waals surface area contributed by atoms with Gasteiger partial charge in [0.05, 0.1) is 26.9 Å². The summed E-state index contributed by atoms with van der Waals surface area (Å²) in [6.45, 7) is 0. The van der Waals surface area contributed by atoms with E-state index in [0.29, 0.717) is 34.9 Å². The van der Waals surface area contributed by atoms with E-state index in [0.717, 1.165) is 12.8 Å². The molecule has 2 atom stereocenters. The van der Waals surface area contributed by atoms with Crippen LogP contribution in [-0.4, -0.2) is 57.4 Å². The van der Waals surface area contributed by atoms with Gasteiger partial charge in [-0.25, -0.2) is 4.79 Å². The molecule has 0 unspecified atom stereocenters. The third kappa shape index (κ3) is 3.02. The van der Waals surface area contributed by atoms with Crippen LogP contribution in [0, 0.1) is 0 Å². The normalized spacial score (nSPS) is 26.1. The number of nitrogens with zero attached hydrogens (tertiary/aromatic N) is 1. The molecule has 2 saturated heterocycles. The monoisotopic (exact) mass is 335 g/mol. The van der Waals surface area contributed by atoms with Gasteiger partial charge in [0.1, 0.15) is 6.10 Å². The maximum Gasteiger partial charge on any atom is 0.338 e. The number of rotatable bonds is 5. The number of hydrogen-bond donors (Lipinski definition) is 0. The number of piperidine rings is 1. The summed E-state index contributed by atoms with van der Waals surface area (Å²) in [6.07, 6.45) is 4.18. The summed E-state index contributed by atoms with van der Waals surface area (Å²) < 4.78 is 21.6. The molecule has 1 aromatic carbocycles. The number of carbonyl (C=O) groups excluding carboxylic acids is 1. The highest BCUT2D eigenvalue weighted by Crippen LogP contribution is 2.39. The second-order valence-corrected chi connectivity index (χ2v) is 6.46. The van der Waals surface area contributed by atoms with Gasteiger partial charge in [0.15, 0.2) is 11.5 Å². The number of methoxy groups -OCH3 is 3. The molecule has 0 spiro atoms. The quantitative estimate of drug-likeness (QED) is 0.771. The summed E-state index contributed by atoms with van der Waals surface area (Å²) in [7, 11) is 6.76. The summed E-state index contributed by atoms with van der Waals surface area (Å²) in [5.74, 6) is 1.02. The van der Waals surface area contributed by atoms with E-state index < -0.39 is 0 Å². The lowest BCUT2D eigenvalue weighted by atomic mass is 10.0. The molecule has 2 aliphatic heterocycles. The van der Waals surface area contributed by atoms with Crippen molar-refractivity contribution in [3.8, 4) is 17.2 Å². The third-order valence-electron chi connectivity index (χ3n) is 5.23. The van der Waals surface area contributed by atoms with Crippen molar-refractivity contribution in [1.82, 2.24) is 4.90 Å². The van der Waals surface area contributed by atoms with Crippen molar-refractivity contribution in [2.75, 3.05) is 28.4 Å². The summed E-state index contributed by atoms with van der Waals surface area (Å²) >= 11 is 0. The van der Waals surface area contributed by atoms with Gasteiger partial charge in [-0.3, -0.25) is 0 Å². The number of hydrogen-bond acceptors (Lipinski definition) is 6. The largest absolute Gasteiger partial charge is 0.493 e. The van der Waals surface area contributed by atoms with Crippen LogP contribution in [0.5, 0.6) is 17.2 Å². The van der Waals surface area contributed by atoms with Crippen LogP contribution in [-0.2, 0) is 4.74 Å². The van der Waals surface area contributed by atoms with Crippen molar-refractivity contribution >= 4 is 5.97 Å². The summed E-state index contributed by atoms with van der Waals surface area (Å²) in [6, 6.07) is 4.32. The Bertz CT molecular complexity index is 578. The molecular formula is C18H25NO5. The van der Waals surface area contributed by atoms with Crippen LogP contribution in [0.25, 0.3) is 0 Å². The van der Waals surface area contributed by atoms with E-state index in [1.54, 1.807) is 12.1 Å². The van der Waals surface area contributed by atoms with Gasteiger partial charge in [0, 0.05) is 24.9 Å². The van der Waals surface area contributed by atoms with Crippen molar-refractivity contribution in [3.63, 3.8) is 0 Å². The molecule has 3 rings (SSSR count). The molecule has 2 heterocycles. The molecular weight excluding hydrogens is 310 g/mol. The van der Waals surface area contributed by atoms with E-state index in [2.05, 4.69) is 11.9 Å². The number of ether oxygens (including phenoxy) is 4. The Hall–Kier alpha value is -1.95. The Balaban J connectivity index is 1.75. The minimum Gasteiger partial charge on any atom is -0.493 e. The molecule has 132 valence electrons. The standard InChI is InChI=1S/C18H25NO5/c1-19-12-5-6-13(19)10-14(9-12)24-18(20)11-7-15(21-2)17(23-4)16(8-11)22-3/h7-8,12-14H,5-6,9-10H2,1-4H3/t12-,13-/m1/s1. The zero-order chi connectivity index (χ0) is 17.3. The van der Waals surface area contributed by atoms with Crippen LogP contribution in [0.2, 0.25) is 0 Å². The van der Waals surface area contributed by atoms with E-state index in [4.69, 9.17) is 18.9 Å². The average Bonchev–Trinajstić information content (AvgIpc) is 2.81. The Labute approximate surface area is 142 Å². The highest BCUT2D eigenvalue weighted by atomic mass is 16.5. The molecule has 6 nitrogen and oxygen atoms in total. The molecule has 1 aromatic rings. The predicted octanol–water partition coefficient (Wildman–Crippen LogP) is 2.49. The van der Waals surface area contributed by atoms with Crippen LogP contribution < -0.4 is 14.2 Å². The number of carbonyl (C=O) groups is 1. The van der Waals surface area contributed by atoms with Crippen molar-refractivity contribution in [2.45, 2.75) is 43.9 Å². The van der Waals surface area contributed by atoms with Crippen LogP contribution >= 0.6 is 0 Å². The fraction of sp³-hybridized carbons (Fsp3) is 0.611. The highest BCUT2D eigenvalue weighted by Gasteiger charge is 2.40. The molecule has 0 amide bonds. The van der Waals surface area contributed by atoms with E-state index in [9.17, 15) is 4.79 Å². The van der Waals surface area contributed by atoms with Gasteiger partial charge in [-0.2, -0.15) is 0 Å². The first-order chi connectivity index (χ1) is 11.6. The molecule has 0 saturated carbocycles. The van der Waals surface area contributed by atoms with E-state index in [-0.39, 0.29) is 12.1 Å². The van der Waals surface area contributed by atoms with Crippen molar-refractivity contribution in [2.24, 2.45) is 0 Å². The summed E-state index contributed by atoms with van der Waals surface area (Å²) in [5.41, 5.74) is 0.413. The Kier molecular flexibility index (Phi) is 4.85. The van der Waals surface area contributed by atoms with Crippen molar-refractivity contribution in [1.29, 1.82) is 0 Å². The maximum absolute atomic E-state index is 12.6. The lowest BCUT2D eigenvalue weighted by molar-refractivity contribution is -0.000509. The molecule has 6 heteroatoms. The van der Waals surface area contributed by atoms with Gasteiger partial charge in [-0.1, -0.05) is 0 Å². The van der Waals surface area contributed by atoms with Gasteiger partial charge in [-0.15, -0.1) is 0 Å². The molecule has 24 heavy (non-hydrogen) atoms. The third-order valence-corrected chi connectivity index (χ3v) is 5.23. The minimum atomic E-state index is -0.344. The Morgan fingerprint density at radius 1 is 1.00 bits per heavy atom. The lowest BCUT2D eigenvalue weighted by Crippen LogP contribution is -2.43. The molecule has 0 N–H and O–H groups in total. The average molecular weight is 335 g/mol. The SMILES string of the molecule is COc1cc(C(=O)OC2C[C@H]3CC[C@H](C2)N3C)cc(OC)c1OC. The van der Waals surface area contributed by atoms with Gasteiger partial charge in [0.2, 0.25) is 5.75 Å². The van der Waals surface area contributed by atoms with Crippen LogP contribution in [0.1, 0.15) is 36.0 Å². The molecule has 0 radical (unpaired) electrons. The molecule has 0 aromatic heterocycles. The highest BCUT2D eigenvalue weighted by molar-refractivity contribution is 5.91. The smallest absolute Gasteiger partial charge is 0.338 e. The molecule has 2 aliphatic rings. The first-order valence-corrected chi connectivity index (χ1v) is 8.30. The zero-order valence-electron chi connectivity index (χ0n) is 14.7. The van der Waals surface area contributed by atoms with Gasteiger partial charge < -0.3 is 23.8 Å². The van der Waals surface area contributed by atoms with Crippen LogP contribution in [0.3, 0.4) is 0 Å². The fourth-order valence-corrected chi connectivity index (χ4v) is 3.88.